The van der Waals surface area contributed by atoms with E-state index in [0.29, 0.717) is 5.02 Å². The molecular formula is C8H5Cl2NO2. The van der Waals surface area contributed by atoms with Crippen LogP contribution in [0.3, 0.4) is 0 Å². The predicted octanol–water partition coefficient (Wildman–Crippen LogP) is 2.64. The summed E-state index contributed by atoms with van der Waals surface area (Å²) in [7, 11) is 0. The zero-order chi connectivity index (χ0) is 9.84. The molecule has 0 aliphatic carbocycles. The molecule has 0 unspecified atom stereocenters. The van der Waals surface area contributed by atoms with Gasteiger partial charge in [-0.2, -0.15) is 0 Å². The van der Waals surface area contributed by atoms with E-state index in [1.165, 1.54) is 6.07 Å². The lowest BCUT2D eigenvalue weighted by molar-refractivity contribution is 0.106. The molecule has 1 aromatic carbocycles. The predicted molar refractivity (Wildman–Crippen MR) is 51.1 cm³/mol. The first kappa shape index (κ1) is 10.0. The van der Waals surface area contributed by atoms with Crippen molar-refractivity contribution in [3.63, 3.8) is 0 Å². The maximum Gasteiger partial charge on any atom is 0.208 e. The lowest BCUT2D eigenvalue weighted by Crippen LogP contribution is -2.01. The van der Waals surface area contributed by atoms with Crippen LogP contribution in [-0.4, -0.2) is 17.2 Å². The molecule has 0 bridgehead atoms. The number of nitrogens with zero attached hydrogens (tertiary/aromatic N) is 1. The van der Waals surface area contributed by atoms with Crippen LogP contribution >= 0.6 is 23.2 Å². The van der Waals surface area contributed by atoms with Crippen molar-refractivity contribution in [3.05, 3.63) is 33.8 Å². The molecule has 0 aromatic heterocycles. The number of carbonyl (C=O) groups excluding carboxylic acids is 1. The van der Waals surface area contributed by atoms with Crippen molar-refractivity contribution >= 4 is 35.2 Å². The molecule has 0 heterocycles. The summed E-state index contributed by atoms with van der Waals surface area (Å²) in [4.78, 5) is 11.2. The van der Waals surface area contributed by atoms with Gasteiger partial charge in [-0.15, -0.1) is 0 Å². The quantitative estimate of drug-likeness (QED) is 0.359. The Balaban J connectivity index is 3.15. The molecule has 0 amide bonds. The molecule has 0 saturated heterocycles. The highest BCUT2D eigenvalue weighted by Crippen LogP contribution is 2.25. The summed E-state index contributed by atoms with van der Waals surface area (Å²) < 4.78 is 0. The molecule has 3 nitrogen and oxygen atoms in total. The number of hydrogen-bond acceptors (Lipinski definition) is 3. The van der Waals surface area contributed by atoms with E-state index in [1.54, 1.807) is 12.1 Å². The Labute approximate surface area is 84.6 Å². The van der Waals surface area contributed by atoms with Crippen LogP contribution in [0.4, 0.5) is 0 Å². The first-order valence-electron chi connectivity index (χ1n) is 3.32. The van der Waals surface area contributed by atoms with E-state index < -0.39 is 5.78 Å². The largest absolute Gasteiger partial charge is 0.411 e. The van der Waals surface area contributed by atoms with E-state index in [1.807, 2.05) is 0 Å². The van der Waals surface area contributed by atoms with E-state index in [2.05, 4.69) is 5.16 Å². The maximum absolute atomic E-state index is 11.2. The SMILES string of the molecule is O=C(/C=N/O)c1cccc(Cl)c1Cl. The second kappa shape index (κ2) is 4.25. The fourth-order valence-electron chi connectivity index (χ4n) is 0.816. The van der Waals surface area contributed by atoms with Crippen molar-refractivity contribution in [2.75, 3.05) is 0 Å². The van der Waals surface area contributed by atoms with Crippen LogP contribution in [0.2, 0.25) is 10.0 Å². The van der Waals surface area contributed by atoms with Crippen molar-refractivity contribution in [1.29, 1.82) is 0 Å². The molecule has 0 saturated carbocycles. The molecule has 1 aromatic rings. The summed E-state index contributed by atoms with van der Waals surface area (Å²) in [6.07, 6.45) is 0.761. The van der Waals surface area contributed by atoms with Gasteiger partial charge in [0.15, 0.2) is 0 Å². The van der Waals surface area contributed by atoms with E-state index in [-0.39, 0.29) is 10.6 Å². The summed E-state index contributed by atoms with van der Waals surface area (Å²) in [5.41, 5.74) is 0.215. The number of oxime groups is 1. The Bertz CT molecular complexity index is 363. The summed E-state index contributed by atoms with van der Waals surface area (Å²) >= 11 is 11.4. The highest BCUT2D eigenvalue weighted by Gasteiger charge is 2.10. The van der Waals surface area contributed by atoms with Gasteiger partial charge in [0.2, 0.25) is 5.78 Å². The van der Waals surface area contributed by atoms with E-state index >= 15 is 0 Å². The molecule has 0 spiro atoms. The van der Waals surface area contributed by atoms with Gasteiger partial charge in [0.05, 0.1) is 10.0 Å². The number of benzene rings is 1. The second-order valence-electron chi connectivity index (χ2n) is 2.21. The van der Waals surface area contributed by atoms with E-state index in [9.17, 15) is 4.79 Å². The third-order valence-corrected chi connectivity index (χ3v) is 2.21. The van der Waals surface area contributed by atoms with E-state index in [4.69, 9.17) is 28.4 Å². The van der Waals surface area contributed by atoms with Crippen molar-refractivity contribution in [1.82, 2.24) is 0 Å². The van der Waals surface area contributed by atoms with Gasteiger partial charge >= 0.3 is 0 Å². The van der Waals surface area contributed by atoms with Gasteiger partial charge in [0.1, 0.15) is 6.21 Å². The lowest BCUT2D eigenvalue weighted by atomic mass is 10.1. The Morgan fingerprint density at radius 2 is 2.15 bits per heavy atom. The standard InChI is InChI=1S/C8H5Cl2NO2/c9-6-3-1-2-5(8(6)10)7(12)4-11-13/h1-4,13H/b11-4+. The van der Waals surface area contributed by atoms with Crippen molar-refractivity contribution < 1.29 is 10.0 Å². The third-order valence-electron chi connectivity index (χ3n) is 1.39. The minimum Gasteiger partial charge on any atom is -0.411 e. The Morgan fingerprint density at radius 3 is 2.77 bits per heavy atom. The number of halogens is 2. The van der Waals surface area contributed by atoms with Gasteiger partial charge in [-0.1, -0.05) is 34.4 Å². The molecule has 1 rings (SSSR count). The third kappa shape index (κ3) is 2.20. The van der Waals surface area contributed by atoms with Crippen molar-refractivity contribution in [2.24, 2.45) is 5.16 Å². The molecule has 5 heteroatoms. The van der Waals surface area contributed by atoms with Crippen LogP contribution in [0.1, 0.15) is 10.4 Å². The number of Topliss-reactive ketones (excluding diaryl/α,β-unsaturated/α-hetero) is 1. The average molecular weight is 218 g/mol. The van der Waals surface area contributed by atoms with Crippen LogP contribution in [0.25, 0.3) is 0 Å². The molecule has 13 heavy (non-hydrogen) atoms. The average Bonchev–Trinajstić information content (AvgIpc) is 2.10. The van der Waals surface area contributed by atoms with Gasteiger partial charge in [-0.05, 0) is 12.1 Å². The Morgan fingerprint density at radius 1 is 1.46 bits per heavy atom. The molecule has 68 valence electrons. The van der Waals surface area contributed by atoms with Gasteiger partial charge < -0.3 is 5.21 Å². The zero-order valence-electron chi connectivity index (χ0n) is 6.37. The van der Waals surface area contributed by atoms with Gasteiger partial charge in [-0.25, -0.2) is 0 Å². The number of carbonyl (C=O) groups is 1. The van der Waals surface area contributed by atoms with Gasteiger partial charge in [0.25, 0.3) is 0 Å². The second-order valence-corrected chi connectivity index (χ2v) is 3.00. The minimum atomic E-state index is -0.491. The molecule has 0 fully saturated rings. The van der Waals surface area contributed by atoms with Crippen LogP contribution < -0.4 is 0 Å². The molecule has 0 radical (unpaired) electrons. The van der Waals surface area contributed by atoms with Crippen LogP contribution in [0, 0.1) is 0 Å². The van der Waals surface area contributed by atoms with Gasteiger partial charge in [0, 0.05) is 5.56 Å². The smallest absolute Gasteiger partial charge is 0.208 e. The lowest BCUT2D eigenvalue weighted by Gasteiger charge is -1.99. The highest BCUT2D eigenvalue weighted by atomic mass is 35.5. The van der Waals surface area contributed by atoms with Crippen LogP contribution in [-0.2, 0) is 0 Å². The monoisotopic (exact) mass is 217 g/mol. The Kier molecular flexibility index (Phi) is 3.28. The summed E-state index contributed by atoms with van der Waals surface area (Å²) in [5.74, 6) is -0.491. The molecule has 0 aliphatic rings. The maximum atomic E-state index is 11.2. The summed E-state index contributed by atoms with van der Waals surface area (Å²) in [5, 5.41) is 11.2. The van der Waals surface area contributed by atoms with Crippen molar-refractivity contribution in [2.45, 2.75) is 0 Å². The summed E-state index contributed by atoms with van der Waals surface area (Å²) in [6, 6.07) is 4.65. The first-order chi connectivity index (χ1) is 6.16. The van der Waals surface area contributed by atoms with Gasteiger partial charge in [-0.3, -0.25) is 4.79 Å². The molecule has 0 atom stereocenters. The number of rotatable bonds is 2. The van der Waals surface area contributed by atoms with E-state index in [0.717, 1.165) is 6.21 Å². The molecule has 1 N–H and O–H groups in total. The molecule has 0 aliphatic heterocycles. The van der Waals surface area contributed by atoms with Crippen molar-refractivity contribution in [3.8, 4) is 0 Å². The Hall–Kier alpha value is -1.06. The fraction of sp³-hybridized carbons (Fsp3) is 0. The number of ketones is 1. The highest BCUT2D eigenvalue weighted by molar-refractivity contribution is 6.47. The van der Waals surface area contributed by atoms with Crippen LogP contribution in [0.5, 0.6) is 0 Å². The normalized spacial score (nSPS) is 10.6. The fourth-order valence-corrected chi connectivity index (χ4v) is 1.21. The molecular weight excluding hydrogens is 213 g/mol. The zero-order valence-corrected chi connectivity index (χ0v) is 7.88. The number of hydrogen-bond donors (Lipinski definition) is 1. The van der Waals surface area contributed by atoms with Crippen LogP contribution in [0.15, 0.2) is 23.4 Å². The minimum absolute atomic E-state index is 0.161. The summed E-state index contributed by atoms with van der Waals surface area (Å²) in [6.45, 7) is 0. The topological polar surface area (TPSA) is 49.7 Å². The first-order valence-corrected chi connectivity index (χ1v) is 4.08.